The lowest BCUT2D eigenvalue weighted by atomic mass is 9.95. The summed E-state index contributed by atoms with van der Waals surface area (Å²) in [5.74, 6) is -0.982. The van der Waals surface area contributed by atoms with E-state index in [9.17, 15) is 14.7 Å². The van der Waals surface area contributed by atoms with Crippen molar-refractivity contribution in [3.05, 3.63) is 94.2 Å². The number of pyridine rings is 1. The van der Waals surface area contributed by atoms with Gasteiger partial charge in [0.25, 0.3) is 0 Å². The van der Waals surface area contributed by atoms with E-state index >= 15 is 0 Å². The number of carbonyl (C=O) groups is 2. The first-order chi connectivity index (χ1) is 15.4. The minimum Gasteiger partial charge on any atom is -0.478 e. The Morgan fingerprint density at radius 1 is 0.969 bits per heavy atom. The Bertz CT molecular complexity index is 1340. The number of carboxylic acid groups (broad SMARTS) is 1. The molecular formula is C24H17Cl2N3O3. The number of aromatic carboxylic acids is 1. The predicted octanol–water partition coefficient (Wildman–Crippen LogP) is 6.23. The van der Waals surface area contributed by atoms with Gasteiger partial charge in [0.15, 0.2) is 0 Å². The summed E-state index contributed by atoms with van der Waals surface area (Å²) in [6.07, 6.45) is 3.40. The zero-order valence-corrected chi connectivity index (χ0v) is 18.1. The molecule has 0 fully saturated rings. The van der Waals surface area contributed by atoms with Gasteiger partial charge in [0.1, 0.15) is 0 Å². The second-order valence-electron chi connectivity index (χ2n) is 6.99. The highest BCUT2D eigenvalue weighted by atomic mass is 35.5. The number of nitrogens with zero attached hydrogens (tertiary/aromatic N) is 1. The van der Waals surface area contributed by atoms with Crippen LogP contribution in [-0.4, -0.2) is 22.1 Å². The van der Waals surface area contributed by atoms with Crippen molar-refractivity contribution in [2.24, 2.45) is 0 Å². The first-order valence-electron chi connectivity index (χ1n) is 9.62. The molecule has 2 amide bonds. The number of anilines is 1. The number of hydrogen-bond acceptors (Lipinski definition) is 3. The second kappa shape index (κ2) is 9.26. The SMILES string of the molecule is O=C(NCc1ccc(-c2cccc(C(=O)O)c2)c2ccncc12)Nc1cccc(Cl)c1Cl. The van der Waals surface area contributed by atoms with E-state index in [0.717, 1.165) is 27.5 Å². The molecule has 3 aromatic carbocycles. The summed E-state index contributed by atoms with van der Waals surface area (Å²) in [4.78, 5) is 27.9. The summed E-state index contributed by atoms with van der Waals surface area (Å²) in [7, 11) is 0. The number of hydrogen-bond donors (Lipinski definition) is 3. The monoisotopic (exact) mass is 465 g/mol. The quantitative estimate of drug-likeness (QED) is 0.325. The third kappa shape index (κ3) is 4.51. The molecule has 4 aromatic rings. The van der Waals surface area contributed by atoms with Gasteiger partial charge in [0, 0.05) is 24.3 Å². The number of benzene rings is 3. The topological polar surface area (TPSA) is 91.3 Å². The average molecular weight is 466 g/mol. The molecule has 1 aromatic heterocycles. The van der Waals surface area contributed by atoms with Crippen molar-refractivity contribution in [3.8, 4) is 11.1 Å². The van der Waals surface area contributed by atoms with Gasteiger partial charge in [-0.25, -0.2) is 9.59 Å². The van der Waals surface area contributed by atoms with E-state index < -0.39 is 12.0 Å². The smallest absolute Gasteiger partial charge is 0.335 e. The van der Waals surface area contributed by atoms with Crippen LogP contribution in [0.4, 0.5) is 10.5 Å². The second-order valence-corrected chi connectivity index (χ2v) is 7.77. The predicted molar refractivity (Wildman–Crippen MR) is 126 cm³/mol. The minimum absolute atomic E-state index is 0.215. The Morgan fingerprint density at radius 3 is 2.59 bits per heavy atom. The summed E-state index contributed by atoms with van der Waals surface area (Å²) in [5, 5.41) is 17.2. The fraction of sp³-hybridized carbons (Fsp3) is 0.0417. The minimum atomic E-state index is -0.982. The highest BCUT2D eigenvalue weighted by Crippen LogP contribution is 2.31. The van der Waals surface area contributed by atoms with Crippen LogP contribution in [0.1, 0.15) is 15.9 Å². The molecule has 0 aliphatic carbocycles. The fourth-order valence-corrected chi connectivity index (χ4v) is 3.76. The average Bonchev–Trinajstić information content (AvgIpc) is 2.80. The molecule has 160 valence electrons. The van der Waals surface area contributed by atoms with Gasteiger partial charge in [-0.05, 0) is 52.4 Å². The summed E-state index contributed by atoms with van der Waals surface area (Å²) in [5.41, 5.74) is 3.15. The van der Waals surface area contributed by atoms with E-state index in [1.165, 1.54) is 0 Å². The maximum atomic E-state index is 12.4. The largest absolute Gasteiger partial charge is 0.478 e. The Kier molecular flexibility index (Phi) is 6.25. The number of carbonyl (C=O) groups excluding carboxylic acids is 1. The van der Waals surface area contributed by atoms with Gasteiger partial charge < -0.3 is 15.7 Å². The van der Waals surface area contributed by atoms with Crippen LogP contribution in [0.3, 0.4) is 0 Å². The van der Waals surface area contributed by atoms with Crippen LogP contribution < -0.4 is 10.6 Å². The van der Waals surface area contributed by atoms with Crippen molar-refractivity contribution in [2.45, 2.75) is 6.54 Å². The molecule has 8 heteroatoms. The van der Waals surface area contributed by atoms with Crippen LogP contribution in [0.25, 0.3) is 21.9 Å². The molecule has 0 aliphatic heterocycles. The molecule has 0 unspecified atom stereocenters. The molecule has 6 nitrogen and oxygen atoms in total. The zero-order chi connectivity index (χ0) is 22.7. The molecule has 0 saturated carbocycles. The lowest BCUT2D eigenvalue weighted by molar-refractivity contribution is 0.0697. The normalized spacial score (nSPS) is 10.7. The van der Waals surface area contributed by atoms with Gasteiger partial charge in [0.2, 0.25) is 0 Å². The molecule has 4 rings (SSSR count). The first-order valence-corrected chi connectivity index (χ1v) is 10.4. The van der Waals surface area contributed by atoms with E-state index in [1.54, 1.807) is 48.8 Å². The Morgan fingerprint density at radius 2 is 1.78 bits per heavy atom. The van der Waals surface area contributed by atoms with Gasteiger partial charge in [-0.1, -0.05) is 53.5 Å². The molecule has 0 saturated heterocycles. The number of aromatic nitrogens is 1. The number of carboxylic acids is 1. The van der Waals surface area contributed by atoms with Gasteiger partial charge in [0.05, 0.1) is 21.3 Å². The molecule has 0 aliphatic rings. The Hall–Kier alpha value is -3.61. The molecular weight excluding hydrogens is 449 g/mol. The van der Waals surface area contributed by atoms with Crippen molar-refractivity contribution in [1.82, 2.24) is 10.3 Å². The van der Waals surface area contributed by atoms with Gasteiger partial charge in [-0.2, -0.15) is 0 Å². The fourth-order valence-electron chi connectivity index (χ4n) is 3.42. The van der Waals surface area contributed by atoms with Crippen LogP contribution in [0, 0.1) is 0 Å². The van der Waals surface area contributed by atoms with E-state index in [0.29, 0.717) is 10.7 Å². The highest BCUT2D eigenvalue weighted by Gasteiger charge is 2.12. The van der Waals surface area contributed by atoms with Crippen molar-refractivity contribution in [1.29, 1.82) is 0 Å². The maximum absolute atomic E-state index is 12.4. The van der Waals surface area contributed by atoms with Gasteiger partial charge >= 0.3 is 12.0 Å². The zero-order valence-electron chi connectivity index (χ0n) is 16.6. The standard InChI is InChI=1S/C24H17Cl2N3O3/c25-20-5-2-6-21(22(20)26)29-24(32)28-12-16-7-8-17(18-9-10-27-13-19(16)18)14-3-1-4-15(11-14)23(30)31/h1-11,13H,12H2,(H,30,31)(H2,28,29,32). The number of urea groups is 1. The Balaban J connectivity index is 1.59. The lowest BCUT2D eigenvalue weighted by Crippen LogP contribution is -2.28. The number of rotatable bonds is 5. The molecule has 0 bridgehead atoms. The highest BCUT2D eigenvalue weighted by molar-refractivity contribution is 6.43. The molecule has 0 atom stereocenters. The summed E-state index contributed by atoms with van der Waals surface area (Å²) >= 11 is 12.1. The van der Waals surface area contributed by atoms with Crippen molar-refractivity contribution >= 4 is 51.7 Å². The third-order valence-corrected chi connectivity index (χ3v) is 5.79. The number of amides is 2. The lowest BCUT2D eigenvalue weighted by Gasteiger charge is -2.13. The van der Waals surface area contributed by atoms with Gasteiger partial charge in [-0.3, -0.25) is 4.98 Å². The molecule has 0 radical (unpaired) electrons. The van der Waals surface area contributed by atoms with Crippen molar-refractivity contribution < 1.29 is 14.7 Å². The van der Waals surface area contributed by atoms with E-state index in [4.69, 9.17) is 23.2 Å². The van der Waals surface area contributed by atoms with Crippen molar-refractivity contribution in [2.75, 3.05) is 5.32 Å². The Labute approximate surface area is 193 Å². The van der Waals surface area contributed by atoms with Crippen LogP contribution >= 0.6 is 23.2 Å². The molecule has 0 spiro atoms. The third-order valence-electron chi connectivity index (χ3n) is 4.97. The van der Waals surface area contributed by atoms with Crippen LogP contribution in [0.5, 0.6) is 0 Å². The van der Waals surface area contributed by atoms with E-state index in [2.05, 4.69) is 15.6 Å². The first kappa shape index (κ1) is 21.6. The maximum Gasteiger partial charge on any atom is 0.335 e. The number of fused-ring (bicyclic) bond motifs is 1. The van der Waals surface area contributed by atoms with Crippen LogP contribution in [0.15, 0.2) is 73.1 Å². The van der Waals surface area contributed by atoms with E-state index in [-0.39, 0.29) is 17.1 Å². The van der Waals surface area contributed by atoms with E-state index in [1.807, 2.05) is 24.3 Å². The van der Waals surface area contributed by atoms with Gasteiger partial charge in [-0.15, -0.1) is 0 Å². The van der Waals surface area contributed by atoms with Crippen LogP contribution in [-0.2, 0) is 6.54 Å². The number of nitrogens with one attached hydrogen (secondary N) is 2. The summed E-state index contributed by atoms with van der Waals surface area (Å²) in [6.45, 7) is 0.252. The summed E-state index contributed by atoms with van der Waals surface area (Å²) < 4.78 is 0. The van der Waals surface area contributed by atoms with Crippen molar-refractivity contribution in [3.63, 3.8) is 0 Å². The summed E-state index contributed by atoms with van der Waals surface area (Å²) in [6, 6.07) is 17.0. The number of halogens is 2. The molecule has 3 N–H and O–H groups in total. The molecule has 32 heavy (non-hydrogen) atoms. The molecule has 1 heterocycles. The van der Waals surface area contributed by atoms with Crippen LogP contribution in [0.2, 0.25) is 10.0 Å².